The third-order valence-corrected chi connectivity index (χ3v) is 7.86. The van der Waals surface area contributed by atoms with E-state index in [1.54, 1.807) is 0 Å². The summed E-state index contributed by atoms with van der Waals surface area (Å²) in [6.45, 7) is 2.72. The first kappa shape index (κ1) is 20.6. The van der Waals surface area contributed by atoms with Crippen molar-refractivity contribution in [1.82, 2.24) is 0 Å². The zero-order chi connectivity index (χ0) is 20.6. The highest BCUT2D eigenvalue weighted by atomic mass is 32.2. The summed E-state index contributed by atoms with van der Waals surface area (Å²) in [4.78, 5) is 12.0. The number of hydrogen-bond acceptors (Lipinski definition) is 6. The Bertz CT molecular complexity index is 907. The van der Waals surface area contributed by atoms with Gasteiger partial charge >= 0.3 is 5.97 Å². The van der Waals surface area contributed by atoms with Crippen LogP contribution in [-0.4, -0.2) is 57.9 Å². The van der Waals surface area contributed by atoms with E-state index in [-0.39, 0.29) is 35.8 Å². The smallest absolute Gasteiger partial charge is 0.337 e. The van der Waals surface area contributed by atoms with Crippen LogP contribution in [0.15, 0.2) is 46.1 Å². The largest absolute Gasteiger partial charge is 0.465 e. The van der Waals surface area contributed by atoms with Gasteiger partial charge in [0.15, 0.2) is 9.84 Å². The first-order chi connectivity index (χ1) is 13.9. The zero-order valence-electron chi connectivity index (χ0n) is 17.0. The normalized spacial score (nSPS) is 29.7. The third-order valence-electron chi connectivity index (χ3n) is 6.14. The molecule has 6 nitrogen and oxygen atoms in total. The van der Waals surface area contributed by atoms with Crippen LogP contribution in [0.25, 0.3) is 0 Å². The monoisotopic (exact) mass is 420 g/mol. The molecular weight excluding hydrogens is 392 g/mol. The van der Waals surface area contributed by atoms with Crippen LogP contribution < -0.4 is 0 Å². The Kier molecular flexibility index (Phi) is 5.82. The topological polar surface area (TPSA) is 78.9 Å². The van der Waals surface area contributed by atoms with Crippen LogP contribution in [0.1, 0.15) is 39.0 Å². The quantitative estimate of drug-likeness (QED) is 0.654. The second-order valence-electron chi connectivity index (χ2n) is 8.15. The molecule has 0 N–H and O–H groups in total. The molecule has 1 saturated heterocycles. The zero-order valence-corrected chi connectivity index (χ0v) is 17.8. The number of carbonyl (C=O) groups is 1. The minimum atomic E-state index is -2.89. The third kappa shape index (κ3) is 4.42. The van der Waals surface area contributed by atoms with E-state index in [4.69, 9.17) is 14.2 Å². The summed E-state index contributed by atoms with van der Waals surface area (Å²) in [6.07, 6.45) is 9.26. The van der Waals surface area contributed by atoms with Crippen molar-refractivity contribution >= 4 is 15.8 Å². The molecule has 0 spiro atoms. The number of ether oxygens (including phenoxy) is 3. The maximum absolute atomic E-state index is 12.0. The molecule has 1 fully saturated rings. The van der Waals surface area contributed by atoms with Gasteiger partial charge in [-0.2, -0.15) is 0 Å². The highest BCUT2D eigenvalue weighted by Crippen LogP contribution is 2.41. The molecule has 2 heterocycles. The van der Waals surface area contributed by atoms with Crippen LogP contribution in [0.5, 0.6) is 0 Å². The summed E-state index contributed by atoms with van der Waals surface area (Å²) >= 11 is 0. The molecule has 0 bridgehead atoms. The van der Waals surface area contributed by atoms with E-state index >= 15 is 0 Å². The summed E-state index contributed by atoms with van der Waals surface area (Å²) < 4.78 is 40.6. The van der Waals surface area contributed by atoms with E-state index in [0.717, 1.165) is 24.0 Å². The SMILES string of the molecule is COC(=O)C1=CCC2OCCC3=C(C(C)=CC(OC4CCS(=O)(=O)CC4)C3)C2=C1. The van der Waals surface area contributed by atoms with E-state index in [1.807, 2.05) is 12.2 Å². The van der Waals surface area contributed by atoms with Crippen LogP contribution in [-0.2, 0) is 28.8 Å². The number of hydrogen-bond donors (Lipinski definition) is 0. The number of allylic oxidation sites excluding steroid dienone is 1. The molecule has 0 aromatic heterocycles. The van der Waals surface area contributed by atoms with Crippen molar-refractivity contribution in [2.75, 3.05) is 25.2 Å². The van der Waals surface area contributed by atoms with Crippen LogP contribution in [0.4, 0.5) is 0 Å². The molecule has 0 saturated carbocycles. The number of sulfone groups is 1. The molecule has 0 radical (unpaired) electrons. The summed E-state index contributed by atoms with van der Waals surface area (Å²) in [5, 5.41) is 0. The van der Waals surface area contributed by atoms with Gasteiger partial charge in [0.1, 0.15) is 0 Å². The van der Waals surface area contributed by atoms with E-state index in [0.29, 0.717) is 31.4 Å². The van der Waals surface area contributed by atoms with Gasteiger partial charge in [0.25, 0.3) is 0 Å². The maximum atomic E-state index is 12.0. The summed E-state index contributed by atoms with van der Waals surface area (Å²) in [5.41, 5.74) is 5.24. The highest BCUT2D eigenvalue weighted by Gasteiger charge is 2.33. The van der Waals surface area contributed by atoms with E-state index in [9.17, 15) is 13.2 Å². The standard InChI is InChI=1S/C22H28O6S/c1-14-11-18(28-17-6-9-29(24,25)10-7-17)12-15-5-8-27-20-4-3-16(22(23)26-2)13-19(20)21(14)15/h3,11,13,17-18,20H,4-10,12H2,1-2H3. The van der Waals surface area contributed by atoms with Crippen LogP contribution in [0.2, 0.25) is 0 Å². The van der Waals surface area contributed by atoms with Crippen molar-refractivity contribution in [3.8, 4) is 0 Å². The molecule has 2 aliphatic carbocycles. The fourth-order valence-corrected chi connectivity index (χ4v) is 6.15. The fraction of sp³-hybridized carbons (Fsp3) is 0.591. The fourth-order valence-electron chi connectivity index (χ4n) is 4.70. The first-order valence-corrected chi connectivity index (χ1v) is 12.1. The van der Waals surface area contributed by atoms with Crippen molar-refractivity contribution in [3.05, 3.63) is 46.1 Å². The van der Waals surface area contributed by atoms with Crippen molar-refractivity contribution in [3.63, 3.8) is 0 Å². The molecule has 0 aromatic carbocycles. The molecule has 158 valence electrons. The van der Waals surface area contributed by atoms with Gasteiger partial charge in [-0.05, 0) is 61.8 Å². The van der Waals surface area contributed by atoms with Gasteiger partial charge in [0.2, 0.25) is 0 Å². The van der Waals surface area contributed by atoms with Gasteiger partial charge < -0.3 is 14.2 Å². The van der Waals surface area contributed by atoms with Crippen LogP contribution in [0, 0.1) is 0 Å². The van der Waals surface area contributed by atoms with Gasteiger partial charge in [0, 0.05) is 0 Å². The Morgan fingerprint density at radius 1 is 1.24 bits per heavy atom. The molecular formula is C22H28O6S. The Labute approximate surface area is 172 Å². The Morgan fingerprint density at radius 3 is 2.72 bits per heavy atom. The summed E-state index contributed by atoms with van der Waals surface area (Å²) in [7, 11) is -1.50. The lowest BCUT2D eigenvalue weighted by Gasteiger charge is -2.32. The lowest BCUT2D eigenvalue weighted by molar-refractivity contribution is -0.135. The number of fused-ring (bicyclic) bond motifs is 2. The van der Waals surface area contributed by atoms with Gasteiger partial charge in [0.05, 0.1) is 49.1 Å². The molecule has 2 atom stereocenters. The molecule has 7 heteroatoms. The van der Waals surface area contributed by atoms with Crippen molar-refractivity contribution in [1.29, 1.82) is 0 Å². The lowest BCUT2D eigenvalue weighted by atomic mass is 9.80. The van der Waals surface area contributed by atoms with Gasteiger partial charge in [-0.1, -0.05) is 17.7 Å². The molecule has 2 aliphatic heterocycles. The molecule has 0 amide bonds. The van der Waals surface area contributed by atoms with Crippen molar-refractivity contribution < 1.29 is 27.4 Å². The Hall–Kier alpha value is -1.70. The number of methoxy groups -OCH3 is 1. The van der Waals surface area contributed by atoms with Crippen molar-refractivity contribution in [2.24, 2.45) is 0 Å². The average Bonchev–Trinajstić information content (AvgIpc) is 2.87. The predicted octanol–water partition coefficient (Wildman–Crippen LogP) is 2.81. The minimum Gasteiger partial charge on any atom is -0.465 e. The van der Waals surface area contributed by atoms with Crippen LogP contribution >= 0.6 is 0 Å². The van der Waals surface area contributed by atoms with Gasteiger partial charge in [-0.25, -0.2) is 13.2 Å². The first-order valence-electron chi connectivity index (χ1n) is 10.2. The van der Waals surface area contributed by atoms with E-state index in [1.165, 1.54) is 18.3 Å². The summed E-state index contributed by atoms with van der Waals surface area (Å²) in [6, 6.07) is 0. The minimum absolute atomic E-state index is 0.00717. The Balaban J connectivity index is 1.54. The number of esters is 1. The van der Waals surface area contributed by atoms with Crippen molar-refractivity contribution in [2.45, 2.75) is 57.3 Å². The van der Waals surface area contributed by atoms with Crippen LogP contribution in [0.3, 0.4) is 0 Å². The second kappa shape index (κ2) is 8.20. The number of rotatable bonds is 3. The lowest BCUT2D eigenvalue weighted by Crippen LogP contribution is -2.32. The second-order valence-corrected chi connectivity index (χ2v) is 10.5. The van der Waals surface area contributed by atoms with Gasteiger partial charge in [-0.15, -0.1) is 0 Å². The molecule has 29 heavy (non-hydrogen) atoms. The molecule has 2 unspecified atom stereocenters. The van der Waals surface area contributed by atoms with E-state index < -0.39 is 9.84 Å². The Morgan fingerprint density at radius 2 is 2.00 bits per heavy atom. The summed E-state index contributed by atoms with van der Waals surface area (Å²) in [5.74, 6) is 0.103. The molecule has 4 rings (SSSR count). The predicted molar refractivity (Wildman–Crippen MR) is 109 cm³/mol. The highest BCUT2D eigenvalue weighted by molar-refractivity contribution is 7.91. The van der Waals surface area contributed by atoms with Gasteiger partial charge in [-0.3, -0.25) is 0 Å². The van der Waals surface area contributed by atoms with E-state index in [2.05, 4.69) is 13.0 Å². The number of carbonyl (C=O) groups excluding carboxylic acids is 1. The molecule has 0 aromatic rings. The molecule has 4 aliphatic rings. The maximum Gasteiger partial charge on any atom is 0.337 e. The average molecular weight is 421 g/mol.